The Labute approximate surface area is 114 Å². The molecule has 6 heteroatoms. The van der Waals surface area contributed by atoms with Gasteiger partial charge in [-0.15, -0.1) is 0 Å². The summed E-state index contributed by atoms with van der Waals surface area (Å²) in [4.78, 5) is 16.6. The lowest BCUT2D eigenvalue weighted by molar-refractivity contribution is 0.303. The highest BCUT2D eigenvalue weighted by molar-refractivity contribution is 6.35. The zero-order valence-electron chi connectivity index (χ0n) is 9.49. The molecule has 1 aromatic carbocycles. The lowest BCUT2D eigenvalue weighted by Gasteiger charge is -2.27. The highest BCUT2D eigenvalue weighted by Crippen LogP contribution is 2.21. The average molecular weight is 284 g/mol. The summed E-state index contributed by atoms with van der Waals surface area (Å²) in [6.07, 6.45) is 0. The van der Waals surface area contributed by atoms with Crippen LogP contribution in [0.2, 0.25) is 10.3 Å². The largest absolute Gasteiger partial charge is 0.316 e. The molecule has 0 amide bonds. The third kappa shape index (κ3) is 1.90. The first-order valence-corrected chi connectivity index (χ1v) is 6.47. The van der Waals surface area contributed by atoms with Crippen molar-refractivity contribution in [2.24, 2.45) is 5.92 Å². The third-order valence-electron chi connectivity index (χ3n) is 3.20. The fourth-order valence-corrected chi connectivity index (χ4v) is 2.52. The first-order chi connectivity index (χ1) is 8.66. The Bertz CT molecular complexity index is 664. The van der Waals surface area contributed by atoms with Crippen LogP contribution >= 0.6 is 23.2 Å². The molecular weight excluding hydrogens is 273 g/mol. The molecule has 0 atom stereocenters. The van der Waals surface area contributed by atoms with Gasteiger partial charge in [0.1, 0.15) is 0 Å². The van der Waals surface area contributed by atoms with Crippen LogP contribution in [-0.2, 0) is 6.54 Å². The van der Waals surface area contributed by atoms with Gasteiger partial charge >= 0.3 is 0 Å². The summed E-state index contributed by atoms with van der Waals surface area (Å²) in [5, 5.41) is 4.33. The number of nitrogens with zero attached hydrogens (tertiary/aromatic N) is 2. The molecule has 1 fully saturated rings. The maximum atomic E-state index is 12.3. The quantitative estimate of drug-likeness (QED) is 0.857. The topological polar surface area (TPSA) is 46.9 Å². The third-order valence-corrected chi connectivity index (χ3v) is 3.79. The summed E-state index contributed by atoms with van der Waals surface area (Å²) in [5.41, 5.74) is 0.344. The Kier molecular flexibility index (Phi) is 3.01. The minimum Gasteiger partial charge on any atom is -0.316 e. The van der Waals surface area contributed by atoms with Crippen LogP contribution < -0.4 is 10.9 Å². The van der Waals surface area contributed by atoms with Crippen LogP contribution in [-0.4, -0.2) is 22.6 Å². The molecule has 0 bridgehead atoms. The summed E-state index contributed by atoms with van der Waals surface area (Å²) in [6, 6.07) is 5.17. The number of para-hydroxylation sites is 1. The van der Waals surface area contributed by atoms with Crippen molar-refractivity contribution in [1.29, 1.82) is 0 Å². The van der Waals surface area contributed by atoms with E-state index >= 15 is 0 Å². The van der Waals surface area contributed by atoms with E-state index in [1.165, 1.54) is 4.57 Å². The van der Waals surface area contributed by atoms with E-state index in [-0.39, 0.29) is 10.8 Å². The van der Waals surface area contributed by atoms with Crippen LogP contribution in [0.25, 0.3) is 10.9 Å². The summed E-state index contributed by atoms with van der Waals surface area (Å²) in [5.74, 6) is 0.443. The number of hydrogen-bond donors (Lipinski definition) is 1. The van der Waals surface area contributed by atoms with Crippen molar-refractivity contribution in [3.05, 3.63) is 38.9 Å². The molecule has 0 radical (unpaired) electrons. The van der Waals surface area contributed by atoms with Crippen LogP contribution in [0.3, 0.4) is 0 Å². The average Bonchev–Trinajstić information content (AvgIpc) is 2.28. The van der Waals surface area contributed by atoms with Crippen molar-refractivity contribution in [2.45, 2.75) is 6.54 Å². The standard InChI is InChI=1S/C12H11Cl2N3O/c13-9-3-1-2-8-10(9)16-12(14)17(11(8)18)6-7-4-15-5-7/h1-3,7,15H,4-6H2. The highest BCUT2D eigenvalue weighted by atomic mass is 35.5. The molecule has 0 unspecified atom stereocenters. The van der Waals surface area contributed by atoms with Gasteiger partial charge < -0.3 is 5.32 Å². The molecule has 1 aromatic heterocycles. The minimum atomic E-state index is -0.126. The van der Waals surface area contributed by atoms with E-state index in [2.05, 4.69) is 10.3 Å². The van der Waals surface area contributed by atoms with E-state index in [0.717, 1.165) is 13.1 Å². The normalized spacial score (nSPS) is 15.9. The van der Waals surface area contributed by atoms with Crippen LogP contribution in [0.4, 0.5) is 0 Å². The van der Waals surface area contributed by atoms with E-state index in [4.69, 9.17) is 23.2 Å². The lowest BCUT2D eigenvalue weighted by Crippen LogP contribution is -2.45. The second-order valence-corrected chi connectivity index (χ2v) is 5.20. The molecule has 1 aliphatic rings. The van der Waals surface area contributed by atoms with Crippen molar-refractivity contribution in [1.82, 2.24) is 14.9 Å². The molecule has 2 heterocycles. The molecule has 1 saturated heterocycles. The molecule has 4 nitrogen and oxygen atoms in total. The van der Waals surface area contributed by atoms with Crippen molar-refractivity contribution in [3.63, 3.8) is 0 Å². The number of aromatic nitrogens is 2. The smallest absolute Gasteiger partial charge is 0.262 e. The summed E-state index contributed by atoms with van der Waals surface area (Å²) >= 11 is 12.1. The minimum absolute atomic E-state index is 0.126. The van der Waals surface area contributed by atoms with E-state index in [9.17, 15) is 4.79 Å². The van der Waals surface area contributed by atoms with Crippen molar-refractivity contribution >= 4 is 34.1 Å². The summed E-state index contributed by atoms with van der Waals surface area (Å²) in [7, 11) is 0. The van der Waals surface area contributed by atoms with Gasteiger partial charge in [0.05, 0.1) is 15.9 Å². The molecule has 2 aromatic rings. The second-order valence-electron chi connectivity index (χ2n) is 4.46. The fraction of sp³-hybridized carbons (Fsp3) is 0.333. The van der Waals surface area contributed by atoms with E-state index in [1.807, 2.05) is 0 Å². The SMILES string of the molecule is O=c1c2cccc(Cl)c2nc(Cl)n1CC1CNC1. The summed E-state index contributed by atoms with van der Waals surface area (Å²) in [6.45, 7) is 2.42. The zero-order chi connectivity index (χ0) is 12.7. The van der Waals surface area contributed by atoms with Crippen LogP contribution in [0.1, 0.15) is 0 Å². The van der Waals surface area contributed by atoms with Gasteiger partial charge in [-0.25, -0.2) is 4.98 Å². The molecule has 0 saturated carbocycles. The lowest BCUT2D eigenvalue weighted by atomic mass is 10.0. The van der Waals surface area contributed by atoms with Gasteiger partial charge in [-0.05, 0) is 23.7 Å². The number of benzene rings is 1. The Morgan fingerprint density at radius 2 is 2.17 bits per heavy atom. The number of rotatable bonds is 2. The number of nitrogens with one attached hydrogen (secondary N) is 1. The molecular formula is C12H11Cl2N3O. The highest BCUT2D eigenvalue weighted by Gasteiger charge is 2.20. The van der Waals surface area contributed by atoms with Crippen molar-refractivity contribution < 1.29 is 0 Å². The second kappa shape index (κ2) is 4.53. The van der Waals surface area contributed by atoms with Gasteiger partial charge in [0.2, 0.25) is 5.28 Å². The van der Waals surface area contributed by atoms with Gasteiger partial charge in [-0.3, -0.25) is 9.36 Å². The first kappa shape index (κ1) is 12.0. The molecule has 1 aliphatic heterocycles. The Morgan fingerprint density at radius 3 is 2.83 bits per heavy atom. The molecule has 1 N–H and O–H groups in total. The monoisotopic (exact) mass is 283 g/mol. The van der Waals surface area contributed by atoms with Crippen LogP contribution in [0.15, 0.2) is 23.0 Å². The Morgan fingerprint density at radius 1 is 1.39 bits per heavy atom. The maximum absolute atomic E-state index is 12.3. The number of fused-ring (bicyclic) bond motifs is 1. The molecule has 94 valence electrons. The number of halogens is 2. The van der Waals surface area contributed by atoms with Gasteiger partial charge in [0.15, 0.2) is 0 Å². The zero-order valence-corrected chi connectivity index (χ0v) is 11.0. The number of hydrogen-bond acceptors (Lipinski definition) is 3. The predicted molar refractivity (Wildman–Crippen MR) is 72.4 cm³/mol. The van der Waals surface area contributed by atoms with E-state index in [0.29, 0.717) is 28.4 Å². The summed E-state index contributed by atoms with van der Waals surface area (Å²) < 4.78 is 1.52. The maximum Gasteiger partial charge on any atom is 0.262 e. The first-order valence-electron chi connectivity index (χ1n) is 5.72. The van der Waals surface area contributed by atoms with Gasteiger partial charge in [0, 0.05) is 25.6 Å². The van der Waals surface area contributed by atoms with Crippen molar-refractivity contribution in [2.75, 3.05) is 13.1 Å². The molecule has 3 rings (SSSR count). The predicted octanol–water partition coefficient (Wildman–Crippen LogP) is 1.92. The van der Waals surface area contributed by atoms with Crippen LogP contribution in [0.5, 0.6) is 0 Å². The van der Waals surface area contributed by atoms with Crippen molar-refractivity contribution in [3.8, 4) is 0 Å². The van der Waals surface area contributed by atoms with E-state index < -0.39 is 0 Å². The van der Waals surface area contributed by atoms with Gasteiger partial charge in [0.25, 0.3) is 5.56 Å². The Hall–Kier alpha value is -1.10. The fourth-order valence-electron chi connectivity index (χ4n) is 2.08. The Balaban J connectivity index is 2.17. The van der Waals surface area contributed by atoms with Crippen LogP contribution in [0, 0.1) is 5.92 Å². The molecule has 0 aliphatic carbocycles. The van der Waals surface area contributed by atoms with Gasteiger partial charge in [-0.2, -0.15) is 0 Å². The molecule has 0 spiro atoms. The van der Waals surface area contributed by atoms with E-state index in [1.54, 1.807) is 18.2 Å². The van der Waals surface area contributed by atoms with Gasteiger partial charge in [-0.1, -0.05) is 17.7 Å². The molecule has 18 heavy (non-hydrogen) atoms.